The average Bonchev–Trinajstić information content (AvgIpc) is 2.41. The van der Waals surface area contributed by atoms with E-state index in [9.17, 15) is 9.90 Å². The summed E-state index contributed by atoms with van der Waals surface area (Å²) in [5, 5.41) is 10.8. The van der Waals surface area contributed by atoms with E-state index < -0.39 is 5.60 Å². The van der Waals surface area contributed by atoms with Crippen LogP contribution in [-0.4, -0.2) is 10.9 Å². The summed E-state index contributed by atoms with van der Waals surface area (Å²) in [6.45, 7) is 0. The minimum absolute atomic E-state index is 0.0249. The van der Waals surface area contributed by atoms with Crippen molar-refractivity contribution in [3.05, 3.63) is 35.9 Å². The predicted molar refractivity (Wildman–Crippen MR) is 70.0 cm³/mol. The lowest BCUT2D eigenvalue weighted by atomic mass is 9.63. The van der Waals surface area contributed by atoms with Crippen molar-refractivity contribution < 1.29 is 9.90 Å². The van der Waals surface area contributed by atoms with Crippen LogP contribution in [0.1, 0.15) is 44.1 Å². The van der Waals surface area contributed by atoms with Crippen LogP contribution in [0.5, 0.6) is 0 Å². The van der Waals surface area contributed by atoms with Gasteiger partial charge in [-0.2, -0.15) is 0 Å². The van der Waals surface area contributed by atoms with Crippen LogP contribution in [-0.2, 0) is 10.4 Å². The number of ketones is 1. The van der Waals surface area contributed by atoms with Gasteiger partial charge in [0.2, 0.25) is 0 Å². The second-order valence-corrected chi connectivity index (χ2v) is 5.86. The van der Waals surface area contributed by atoms with Crippen molar-refractivity contribution in [3.8, 4) is 0 Å². The summed E-state index contributed by atoms with van der Waals surface area (Å²) in [5.41, 5.74) is -0.446. The molecule has 0 radical (unpaired) electrons. The highest BCUT2D eigenvalue weighted by Gasteiger charge is 2.47. The van der Waals surface area contributed by atoms with Crippen molar-refractivity contribution in [1.29, 1.82) is 0 Å². The van der Waals surface area contributed by atoms with Gasteiger partial charge >= 0.3 is 0 Å². The Morgan fingerprint density at radius 3 is 2.44 bits per heavy atom. The van der Waals surface area contributed by atoms with Crippen molar-refractivity contribution in [1.82, 2.24) is 0 Å². The van der Waals surface area contributed by atoms with Gasteiger partial charge in [0.05, 0.1) is 0 Å². The fourth-order valence-electron chi connectivity index (χ4n) is 3.71. The summed E-state index contributed by atoms with van der Waals surface area (Å²) in [6, 6.07) is 9.47. The Bertz CT molecular complexity index is 440. The number of rotatable bonds is 1. The van der Waals surface area contributed by atoms with Gasteiger partial charge in [0.15, 0.2) is 5.78 Å². The number of Topliss-reactive ketones (excluding diaryl/α,β-unsaturated/α-hetero) is 1. The smallest absolute Gasteiger partial charge is 0.169 e. The van der Waals surface area contributed by atoms with Crippen LogP contribution in [0.4, 0.5) is 0 Å². The van der Waals surface area contributed by atoms with Crippen LogP contribution in [0.2, 0.25) is 0 Å². The molecule has 2 aliphatic rings. The molecule has 96 valence electrons. The van der Waals surface area contributed by atoms with Gasteiger partial charge in [-0.05, 0) is 30.2 Å². The van der Waals surface area contributed by atoms with Crippen LogP contribution in [0.15, 0.2) is 30.3 Å². The van der Waals surface area contributed by atoms with Crippen LogP contribution >= 0.6 is 0 Å². The van der Waals surface area contributed by atoms with Crippen LogP contribution in [0.3, 0.4) is 0 Å². The summed E-state index contributed by atoms with van der Waals surface area (Å²) in [4.78, 5) is 12.3. The monoisotopic (exact) mass is 244 g/mol. The minimum atomic E-state index is -1.22. The van der Waals surface area contributed by atoms with Crippen molar-refractivity contribution in [3.63, 3.8) is 0 Å². The Hall–Kier alpha value is -1.15. The third kappa shape index (κ3) is 1.89. The maximum absolute atomic E-state index is 12.3. The van der Waals surface area contributed by atoms with Crippen molar-refractivity contribution >= 4 is 5.78 Å². The van der Waals surface area contributed by atoms with E-state index >= 15 is 0 Å². The van der Waals surface area contributed by atoms with Gasteiger partial charge in [-0.25, -0.2) is 0 Å². The van der Waals surface area contributed by atoms with Gasteiger partial charge in [-0.1, -0.05) is 49.6 Å². The number of hydrogen-bond donors (Lipinski definition) is 1. The summed E-state index contributed by atoms with van der Waals surface area (Å²) in [6.07, 6.45) is 6.03. The zero-order valence-electron chi connectivity index (χ0n) is 10.6. The summed E-state index contributed by atoms with van der Waals surface area (Å²) in [7, 11) is 0. The highest BCUT2D eigenvalue weighted by Crippen LogP contribution is 2.46. The lowest BCUT2D eigenvalue weighted by molar-refractivity contribution is -0.149. The summed E-state index contributed by atoms with van der Waals surface area (Å²) < 4.78 is 0. The second kappa shape index (κ2) is 4.51. The summed E-state index contributed by atoms with van der Waals surface area (Å²) >= 11 is 0. The topological polar surface area (TPSA) is 37.3 Å². The Labute approximate surface area is 108 Å². The number of benzene rings is 1. The van der Waals surface area contributed by atoms with E-state index in [2.05, 4.69) is 0 Å². The quantitative estimate of drug-likeness (QED) is 0.824. The maximum atomic E-state index is 12.3. The molecule has 3 atom stereocenters. The highest BCUT2D eigenvalue weighted by molar-refractivity contribution is 5.89. The molecule has 1 aromatic rings. The lowest BCUT2D eigenvalue weighted by Crippen LogP contribution is -2.45. The molecule has 1 N–H and O–H groups in total. The van der Waals surface area contributed by atoms with E-state index in [1.165, 1.54) is 25.7 Å². The van der Waals surface area contributed by atoms with Crippen molar-refractivity contribution in [2.45, 2.75) is 44.1 Å². The molecule has 1 aromatic carbocycles. The van der Waals surface area contributed by atoms with Crippen LogP contribution in [0.25, 0.3) is 0 Å². The molecule has 0 amide bonds. The van der Waals surface area contributed by atoms with Crippen LogP contribution < -0.4 is 0 Å². The number of fused-ring (bicyclic) bond motifs is 1. The molecular formula is C16H20O2. The van der Waals surface area contributed by atoms with Crippen molar-refractivity contribution in [2.24, 2.45) is 11.8 Å². The molecule has 2 saturated carbocycles. The number of hydrogen-bond acceptors (Lipinski definition) is 2. The normalized spacial score (nSPS) is 36.2. The van der Waals surface area contributed by atoms with Gasteiger partial charge in [0.25, 0.3) is 0 Å². The highest BCUT2D eigenvalue weighted by atomic mass is 16.3. The van der Waals surface area contributed by atoms with E-state index in [-0.39, 0.29) is 5.78 Å². The Balaban J connectivity index is 1.90. The molecule has 0 aromatic heterocycles. The van der Waals surface area contributed by atoms with E-state index in [4.69, 9.17) is 0 Å². The molecule has 0 unspecified atom stereocenters. The van der Waals surface area contributed by atoms with Gasteiger partial charge in [-0.15, -0.1) is 0 Å². The van der Waals surface area contributed by atoms with E-state index in [1.54, 1.807) is 0 Å². The van der Waals surface area contributed by atoms with Crippen molar-refractivity contribution in [2.75, 3.05) is 0 Å². The molecule has 2 nitrogen and oxygen atoms in total. The largest absolute Gasteiger partial charge is 0.377 e. The van der Waals surface area contributed by atoms with E-state index in [0.29, 0.717) is 24.7 Å². The van der Waals surface area contributed by atoms with E-state index in [1.807, 2.05) is 30.3 Å². The third-order valence-electron chi connectivity index (χ3n) is 4.78. The molecule has 0 aliphatic heterocycles. The fourth-order valence-corrected chi connectivity index (χ4v) is 3.71. The first kappa shape index (κ1) is 11.9. The standard InChI is InChI=1S/C16H20O2/c17-15-10-12-6-4-5-7-13(12)11-16(15,18)14-8-2-1-3-9-14/h1-3,8-9,12-13,18H,4-7,10-11H2/t12-,13+,16+/m1/s1. The molecular weight excluding hydrogens is 224 g/mol. The number of carbonyl (C=O) groups is 1. The fraction of sp³-hybridized carbons (Fsp3) is 0.562. The maximum Gasteiger partial charge on any atom is 0.169 e. The first-order valence-electron chi connectivity index (χ1n) is 7.01. The Kier molecular flexibility index (Phi) is 2.98. The predicted octanol–water partition coefficient (Wildman–Crippen LogP) is 3.04. The molecule has 0 heterocycles. The first-order chi connectivity index (χ1) is 8.70. The molecule has 0 bridgehead atoms. The third-order valence-corrected chi connectivity index (χ3v) is 4.78. The molecule has 2 heteroatoms. The minimum Gasteiger partial charge on any atom is -0.377 e. The first-order valence-corrected chi connectivity index (χ1v) is 7.01. The zero-order valence-corrected chi connectivity index (χ0v) is 10.6. The molecule has 2 aliphatic carbocycles. The second-order valence-electron chi connectivity index (χ2n) is 5.86. The van der Waals surface area contributed by atoms with Crippen LogP contribution in [0, 0.1) is 11.8 Å². The number of carbonyl (C=O) groups excluding carboxylic acids is 1. The Morgan fingerprint density at radius 2 is 1.72 bits per heavy atom. The lowest BCUT2D eigenvalue weighted by Gasteiger charge is -2.43. The molecule has 0 saturated heterocycles. The zero-order chi connectivity index (χ0) is 12.6. The number of aliphatic hydroxyl groups is 1. The van der Waals surface area contributed by atoms with Gasteiger partial charge in [-0.3, -0.25) is 4.79 Å². The van der Waals surface area contributed by atoms with E-state index in [0.717, 1.165) is 5.56 Å². The van der Waals surface area contributed by atoms with Gasteiger partial charge in [0, 0.05) is 6.42 Å². The SMILES string of the molecule is O=C1C[C@H]2CCCC[C@H]2C[C@]1(O)c1ccccc1. The molecule has 18 heavy (non-hydrogen) atoms. The molecule has 2 fully saturated rings. The summed E-state index contributed by atoms with van der Waals surface area (Å²) in [5.74, 6) is 1.08. The van der Waals surface area contributed by atoms with Gasteiger partial charge < -0.3 is 5.11 Å². The molecule has 0 spiro atoms. The Morgan fingerprint density at radius 1 is 1.06 bits per heavy atom. The molecule has 3 rings (SSSR count). The average molecular weight is 244 g/mol. The van der Waals surface area contributed by atoms with Gasteiger partial charge in [0.1, 0.15) is 5.60 Å².